The fraction of sp³-hybridized carbons (Fsp3) is 0.300. The monoisotopic (exact) mass is 208 g/mol. The van der Waals surface area contributed by atoms with Crippen molar-refractivity contribution in [3.05, 3.63) is 34.3 Å². The van der Waals surface area contributed by atoms with Crippen LogP contribution < -0.4 is 11.1 Å². The smallest absolute Gasteiger partial charge is 0.408 e. The minimum atomic E-state index is -0.439. The molecular weight excluding hydrogens is 196 g/mol. The Labute approximate surface area is 85.7 Å². The van der Waals surface area contributed by atoms with Crippen LogP contribution in [0.1, 0.15) is 5.56 Å². The van der Waals surface area contributed by atoms with Gasteiger partial charge in [-0.25, -0.2) is 4.79 Å². The largest absolute Gasteiger partial charge is 0.417 e. The van der Waals surface area contributed by atoms with E-state index in [0.29, 0.717) is 24.2 Å². The van der Waals surface area contributed by atoms with E-state index in [0.717, 1.165) is 5.56 Å². The molecule has 0 bridgehead atoms. The average molecular weight is 208 g/mol. The Bertz CT molecular complexity index is 501. The Balaban J connectivity index is 2.19. The third kappa shape index (κ3) is 2.26. The summed E-state index contributed by atoms with van der Waals surface area (Å²) in [5.74, 6) is -0.439. The van der Waals surface area contributed by atoms with Gasteiger partial charge in [0.05, 0.1) is 12.1 Å². The maximum absolute atomic E-state index is 10.9. The summed E-state index contributed by atoms with van der Waals surface area (Å²) in [6.07, 6.45) is 0. The van der Waals surface area contributed by atoms with Gasteiger partial charge in [-0.05, 0) is 17.7 Å². The first kappa shape index (κ1) is 9.95. The number of nitrogens with one attached hydrogen (secondary N) is 2. The summed E-state index contributed by atoms with van der Waals surface area (Å²) in [6, 6.07) is 5.48. The van der Waals surface area contributed by atoms with Gasteiger partial charge in [0.25, 0.3) is 0 Å². The van der Waals surface area contributed by atoms with E-state index in [1.54, 1.807) is 6.07 Å². The highest BCUT2D eigenvalue weighted by Crippen LogP contribution is 2.11. The third-order valence-electron chi connectivity index (χ3n) is 2.10. The van der Waals surface area contributed by atoms with Crippen LogP contribution in [0.3, 0.4) is 0 Å². The van der Waals surface area contributed by atoms with E-state index >= 15 is 0 Å². The van der Waals surface area contributed by atoms with E-state index in [9.17, 15) is 4.79 Å². The average Bonchev–Trinajstić information content (AvgIpc) is 2.57. The van der Waals surface area contributed by atoms with Crippen LogP contribution in [0.4, 0.5) is 0 Å². The highest BCUT2D eigenvalue weighted by molar-refractivity contribution is 5.72. The molecule has 0 unspecified atom stereocenters. The molecule has 1 heterocycles. The Kier molecular flexibility index (Phi) is 2.84. The molecule has 5 nitrogen and oxygen atoms in total. The lowest BCUT2D eigenvalue weighted by molar-refractivity contribution is 0.292. The molecule has 3 N–H and O–H groups in total. The van der Waals surface area contributed by atoms with Gasteiger partial charge in [0, 0.05) is 13.1 Å². The Morgan fingerprint density at radius 1 is 1.47 bits per heavy atom. The van der Waals surface area contributed by atoms with Crippen molar-refractivity contribution in [1.82, 2.24) is 10.3 Å². The summed E-state index contributed by atoms with van der Waals surface area (Å²) in [6.45, 7) is 1.33. The Morgan fingerprint density at radius 3 is 3.13 bits per heavy atom. The quantitative estimate of drug-likeness (QED) is 0.627. The fourth-order valence-electron chi connectivity index (χ4n) is 1.42. The molecule has 0 aliphatic carbocycles. The van der Waals surface area contributed by atoms with Crippen molar-refractivity contribution in [3.63, 3.8) is 0 Å². The van der Waals surface area contributed by atoms with Crippen LogP contribution in [0.2, 0.25) is 0 Å². The lowest BCUT2D eigenvalue weighted by Gasteiger charge is -2.01. The SMILES string of the molecule is O=c1[nH]c2cc(CNCCO)ccc2o1. The van der Waals surface area contributed by atoms with Gasteiger partial charge in [-0.2, -0.15) is 0 Å². The number of aromatic nitrogens is 1. The number of aromatic amines is 1. The minimum absolute atomic E-state index is 0.116. The summed E-state index contributed by atoms with van der Waals surface area (Å²) in [7, 11) is 0. The number of oxazole rings is 1. The molecule has 1 aromatic heterocycles. The van der Waals surface area contributed by atoms with Gasteiger partial charge in [-0.15, -0.1) is 0 Å². The molecule has 2 rings (SSSR count). The summed E-state index contributed by atoms with van der Waals surface area (Å²) in [5, 5.41) is 11.6. The van der Waals surface area contributed by atoms with Gasteiger partial charge in [-0.1, -0.05) is 6.07 Å². The molecule has 0 fully saturated rings. The van der Waals surface area contributed by atoms with Crippen LogP contribution in [0.5, 0.6) is 0 Å². The van der Waals surface area contributed by atoms with Crippen molar-refractivity contribution in [1.29, 1.82) is 0 Å². The van der Waals surface area contributed by atoms with Crippen LogP contribution in [0.25, 0.3) is 11.1 Å². The molecule has 0 radical (unpaired) electrons. The Hall–Kier alpha value is -1.59. The molecular formula is C10H12N2O3. The van der Waals surface area contributed by atoms with Crippen molar-refractivity contribution < 1.29 is 9.52 Å². The second-order valence-corrected chi connectivity index (χ2v) is 3.25. The highest BCUT2D eigenvalue weighted by atomic mass is 16.4. The molecule has 2 aromatic rings. The minimum Gasteiger partial charge on any atom is -0.408 e. The number of benzene rings is 1. The first-order chi connectivity index (χ1) is 7.29. The van der Waals surface area contributed by atoms with Crippen LogP contribution in [0, 0.1) is 0 Å². The summed E-state index contributed by atoms with van der Waals surface area (Å²) in [4.78, 5) is 13.5. The van der Waals surface area contributed by atoms with E-state index in [4.69, 9.17) is 9.52 Å². The zero-order valence-electron chi connectivity index (χ0n) is 8.12. The van der Waals surface area contributed by atoms with Crippen molar-refractivity contribution in [2.24, 2.45) is 0 Å². The third-order valence-corrected chi connectivity index (χ3v) is 2.10. The van der Waals surface area contributed by atoms with Crippen LogP contribution in [-0.2, 0) is 6.54 Å². The van der Waals surface area contributed by atoms with Crippen LogP contribution in [-0.4, -0.2) is 23.2 Å². The molecule has 0 aliphatic heterocycles. The molecule has 0 aliphatic rings. The van der Waals surface area contributed by atoms with E-state index in [1.165, 1.54) is 0 Å². The molecule has 80 valence electrons. The number of hydrogen-bond donors (Lipinski definition) is 3. The first-order valence-electron chi connectivity index (χ1n) is 4.73. The second kappa shape index (κ2) is 4.29. The predicted molar refractivity (Wildman–Crippen MR) is 55.6 cm³/mol. The molecule has 15 heavy (non-hydrogen) atoms. The summed E-state index contributed by atoms with van der Waals surface area (Å²) >= 11 is 0. The predicted octanol–water partition coefficient (Wildman–Crippen LogP) is 0.203. The number of fused-ring (bicyclic) bond motifs is 1. The normalized spacial score (nSPS) is 11.0. The number of aliphatic hydroxyl groups is 1. The molecule has 5 heteroatoms. The Morgan fingerprint density at radius 2 is 2.33 bits per heavy atom. The van der Waals surface area contributed by atoms with Crippen LogP contribution in [0.15, 0.2) is 27.4 Å². The topological polar surface area (TPSA) is 78.3 Å². The summed E-state index contributed by atoms with van der Waals surface area (Å²) < 4.78 is 4.88. The number of rotatable bonds is 4. The second-order valence-electron chi connectivity index (χ2n) is 3.25. The maximum Gasteiger partial charge on any atom is 0.417 e. The van der Waals surface area contributed by atoms with Crippen molar-refractivity contribution >= 4 is 11.1 Å². The lowest BCUT2D eigenvalue weighted by atomic mass is 10.2. The summed E-state index contributed by atoms with van der Waals surface area (Å²) in [5.41, 5.74) is 2.29. The molecule has 0 saturated carbocycles. The lowest BCUT2D eigenvalue weighted by Crippen LogP contribution is -2.17. The van der Waals surface area contributed by atoms with Gasteiger partial charge >= 0.3 is 5.76 Å². The zero-order valence-corrected chi connectivity index (χ0v) is 8.12. The number of aliphatic hydroxyl groups excluding tert-OH is 1. The fourth-order valence-corrected chi connectivity index (χ4v) is 1.42. The molecule has 0 saturated heterocycles. The van der Waals surface area contributed by atoms with E-state index < -0.39 is 5.76 Å². The van der Waals surface area contributed by atoms with E-state index in [2.05, 4.69) is 10.3 Å². The highest BCUT2D eigenvalue weighted by Gasteiger charge is 2.01. The van der Waals surface area contributed by atoms with Gasteiger partial charge in [-0.3, -0.25) is 4.98 Å². The van der Waals surface area contributed by atoms with Gasteiger partial charge in [0.2, 0.25) is 0 Å². The molecule has 1 aromatic carbocycles. The van der Waals surface area contributed by atoms with Crippen molar-refractivity contribution in [2.45, 2.75) is 6.54 Å². The number of H-pyrrole nitrogens is 1. The standard InChI is InChI=1S/C10H12N2O3/c13-4-3-11-6-7-1-2-9-8(5-7)12-10(14)15-9/h1-2,5,11,13H,3-4,6H2,(H,12,14). The molecule has 0 spiro atoms. The van der Waals surface area contributed by atoms with E-state index in [-0.39, 0.29) is 6.61 Å². The maximum atomic E-state index is 10.9. The van der Waals surface area contributed by atoms with E-state index in [1.807, 2.05) is 12.1 Å². The molecule has 0 atom stereocenters. The van der Waals surface area contributed by atoms with Gasteiger partial charge in [0.15, 0.2) is 5.58 Å². The van der Waals surface area contributed by atoms with Gasteiger partial charge < -0.3 is 14.8 Å². The van der Waals surface area contributed by atoms with Crippen LogP contribution >= 0.6 is 0 Å². The number of hydrogen-bond acceptors (Lipinski definition) is 4. The van der Waals surface area contributed by atoms with Crippen molar-refractivity contribution in [2.75, 3.05) is 13.2 Å². The van der Waals surface area contributed by atoms with Crippen molar-refractivity contribution in [3.8, 4) is 0 Å². The molecule has 0 amide bonds. The first-order valence-corrected chi connectivity index (χ1v) is 4.73. The van der Waals surface area contributed by atoms with Gasteiger partial charge in [0.1, 0.15) is 0 Å². The zero-order chi connectivity index (χ0) is 10.7.